The number of aromatic nitrogens is 4. The van der Waals surface area contributed by atoms with Crippen LogP contribution in [0.4, 0.5) is 13.2 Å². The Kier molecular flexibility index (Phi) is 7.55. The molecule has 0 aliphatic carbocycles. The molecule has 1 fully saturated rings. The second-order valence-corrected chi connectivity index (χ2v) is 10.2. The van der Waals surface area contributed by atoms with Gasteiger partial charge in [-0.1, -0.05) is 12.1 Å². The van der Waals surface area contributed by atoms with Gasteiger partial charge in [-0.25, -0.2) is 9.97 Å². The molecule has 2 amide bonds. The fourth-order valence-corrected chi connectivity index (χ4v) is 5.01. The molecular formula is C29H29F3N6O2. The Hall–Kier alpha value is -4.28. The monoisotopic (exact) mass is 550 g/mol. The third-order valence-corrected chi connectivity index (χ3v) is 7.29. The van der Waals surface area contributed by atoms with Crippen LogP contribution < -0.4 is 5.32 Å². The third-order valence-electron chi connectivity index (χ3n) is 7.29. The van der Waals surface area contributed by atoms with Gasteiger partial charge in [0.25, 0.3) is 11.8 Å². The molecule has 40 heavy (non-hydrogen) atoms. The first kappa shape index (κ1) is 27.3. The highest BCUT2D eigenvalue weighted by Gasteiger charge is 2.28. The summed E-state index contributed by atoms with van der Waals surface area (Å²) in [4.78, 5) is 35.7. The molecule has 1 saturated heterocycles. The Morgan fingerprint density at radius 1 is 0.975 bits per heavy atom. The first-order chi connectivity index (χ1) is 19.1. The second-order valence-electron chi connectivity index (χ2n) is 10.2. The van der Waals surface area contributed by atoms with Gasteiger partial charge in [0.2, 0.25) is 0 Å². The highest BCUT2D eigenvalue weighted by Crippen LogP contribution is 2.25. The number of aryl methyl sites for hydroxylation is 2. The number of nitrogens with zero attached hydrogens (tertiary/aromatic N) is 5. The second kappa shape index (κ2) is 11.1. The number of amides is 2. The molecule has 2 aromatic carbocycles. The Morgan fingerprint density at radius 2 is 1.65 bits per heavy atom. The molecule has 0 bridgehead atoms. The van der Waals surface area contributed by atoms with Crippen LogP contribution in [0, 0.1) is 19.8 Å². The normalized spacial score (nSPS) is 14.5. The third kappa shape index (κ3) is 6.13. The number of carbonyl (C=O) groups excluding carboxylic acids is 2. The zero-order valence-corrected chi connectivity index (χ0v) is 22.2. The van der Waals surface area contributed by atoms with Gasteiger partial charge in [-0.3, -0.25) is 14.3 Å². The highest BCUT2D eigenvalue weighted by molar-refractivity contribution is 6.00. The van der Waals surface area contributed by atoms with Gasteiger partial charge in [-0.05, 0) is 68.0 Å². The first-order valence-corrected chi connectivity index (χ1v) is 13.1. The van der Waals surface area contributed by atoms with Crippen LogP contribution in [0.2, 0.25) is 0 Å². The lowest BCUT2D eigenvalue weighted by Crippen LogP contribution is -2.39. The minimum atomic E-state index is -4.47. The number of piperidine rings is 1. The summed E-state index contributed by atoms with van der Waals surface area (Å²) >= 11 is 0. The summed E-state index contributed by atoms with van der Waals surface area (Å²) < 4.78 is 39.3. The van der Waals surface area contributed by atoms with Gasteiger partial charge in [0.15, 0.2) is 0 Å². The molecule has 208 valence electrons. The number of halogens is 3. The van der Waals surface area contributed by atoms with Crippen molar-refractivity contribution in [1.29, 1.82) is 0 Å². The van der Waals surface area contributed by atoms with Gasteiger partial charge in [0, 0.05) is 60.3 Å². The smallest absolute Gasteiger partial charge is 0.343 e. The molecular weight excluding hydrogens is 521 g/mol. The minimum Gasteiger partial charge on any atom is -0.343 e. The average Bonchev–Trinajstić information content (AvgIpc) is 3.35. The van der Waals surface area contributed by atoms with E-state index in [0.717, 1.165) is 29.4 Å². The molecule has 0 atom stereocenters. The van der Waals surface area contributed by atoms with E-state index >= 15 is 0 Å². The summed E-state index contributed by atoms with van der Waals surface area (Å²) in [5.41, 5.74) is 3.95. The molecule has 2 aromatic heterocycles. The van der Waals surface area contributed by atoms with Crippen LogP contribution in [0.3, 0.4) is 0 Å². The molecule has 1 aliphatic rings. The van der Waals surface area contributed by atoms with Gasteiger partial charge in [0.05, 0.1) is 5.52 Å². The van der Waals surface area contributed by atoms with Crippen molar-refractivity contribution in [3.63, 3.8) is 0 Å². The number of likely N-dealkylation sites (tertiary alicyclic amines) is 1. The topological polar surface area (TPSA) is 93.0 Å². The molecule has 5 rings (SSSR count). The first-order valence-electron chi connectivity index (χ1n) is 13.1. The maximum Gasteiger partial charge on any atom is 0.405 e. The quantitative estimate of drug-likeness (QED) is 0.367. The average molecular weight is 551 g/mol. The lowest BCUT2D eigenvalue weighted by atomic mass is 9.96. The van der Waals surface area contributed by atoms with E-state index in [0.29, 0.717) is 48.0 Å². The van der Waals surface area contributed by atoms with Crippen molar-refractivity contribution in [2.24, 2.45) is 5.92 Å². The van der Waals surface area contributed by atoms with Crippen molar-refractivity contribution in [1.82, 2.24) is 30.0 Å². The summed E-state index contributed by atoms with van der Waals surface area (Å²) in [6.45, 7) is 4.10. The Balaban J connectivity index is 1.18. The fourth-order valence-electron chi connectivity index (χ4n) is 5.01. The summed E-state index contributed by atoms with van der Waals surface area (Å²) in [6, 6.07) is 10.6. The molecule has 11 heteroatoms. The van der Waals surface area contributed by atoms with Crippen LogP contribution in [0.5, 0.6) is 0 Å². The highest BCUT2D eigenvalue weighted by atomic mass is 19.4. The number of benzene rings is 2. The lowest BCUT2D eigenvalue weighted by molar-refractivity contribution is -0.123. The van der Waals surface area contributed by atoms with Crippen molar-refractivity contribution < 1.29 is 22.8 Å². The predicted octanol–water partition coefficient (Wildman–Crippen LogP) is 4.95. The van der Waals surface area contributed by atoms with Crippen LogP contribution in [-0.4, -0.2) is 62.3 Å². The van der Waals surface area contributed by atoms with E-state index in [1.165, 1.54) is 6.07 Å². The van der Waals surface area contributed by atoms with E-state index in [4.69, 9.17) is 0 Å². The molecule has 0 spiro atoms. The van der Waals surface area contributed by atoms with Gasteiger partial charge in [-0.2, -0.15) is 18.3 Å². The maximum atomic E-state index is 13.1. The number of nitrogens with one attached hydrogen (secondary N) is 1. The summed E-state index contributed by atoms with van der Waals surface area (Å²) in [5.74, 6) is 0.260. The van der Waals surface area contributed by atoms with Crippen molar-refractivity contribution in [3.05, 3.63) is 77.5 Å². The zero-order valence-electron chi connectivity index (χ0n) is 22.2. The minimum absolute atomic E-state index is 0.00179. The molecule has 3 heterocycles. The lowest BCUT2D eigenvalue weighted by Gasteiger charge is -2.32. The number of rotatable bonds is 6. The van der Waals surface area contributed by atoms with Crippen LogP contribution in [-0.2, 0) is 6.54 Å². The predicted molar refractivity (Wildman–Crippen MR) is 144 cm³/mol. The number of carbonyl (C=O) groups is 2. The fraction of sp³-hybridized carbons (Fsp3) is 0.345. The van der Waals surface area contributed by atoms with E-state index in [-0.39, 0.29) is 11.5 Å². The maximum absolute atomic E-state index is 13.1. The molecule has 0 unspecified atom stereocenters. The number of hydrogen-bond acceptors (Lipinski definition) is 5. The van der Waals surface area contributed by atoms with E-state index in [9.17, 15) is 22.8 Å². The van der Waals surface area contributed by atoms with Gasteiger partial charge in [-0.15, -0.1) is 0 Å². The summed E-state index contributed by atoms with van der Waals surface area (Å²) in [7, 11) is 0. The summed E-state index contributed by atoms with van der Waals surface area (Å²) in [6.07, 6.45) is 2.55. The van der Waals surface area contributed by atoms with Crippen LogP contribution in [0.1, 0.15) is 44.9 Å². The van der Waals surface area contributed by atoms with Gasteiger partial charge in [0.1, 0.15) is 12.4 Å². The largest absolute Gasteiger partial charge is 0.405 e. The van der Waals surface area contributed by atoms with Crippen molar-refractivity contribution in [3.8, 4) is 11.1 Å². The van der Waals surface area contributed by atoms with E-state index in [1.807, 2.05) is 52.3 Å². The Morgan fingerprint density at radius 3 is 2.30 bits per heavy atom. The van der Waals surface area contributed by atoms with E-state index in [1.54, 1.807) is 25.4 Å². The summed E-state index contributed by atoms with van der Waals surface area (Å²) in [5, 5.41) is 7.26. The number of fused-ring (bicyclic) bond motifs is 1. The van der Waals surface area contributed by atoms with Crippen LogP contribution in [0.25, 0.3) is 22.0 Å². The van der Waals surface area contributed by atoms with E-state index in [2.05, 4.69) is 15.1 Å². The van der Waals surface area contributed by atoms with E-state index < -0.39 is 18.6 Å². The SMILES string of the molecule is Cc1ncc(-c2ccc(C(=O)N3CCC(Cn4cc5c(C)c(C(=O)NCC(F)(F)F)ccc5n4)CC3)cc2)cn1. The number of alkyl halides is 3. The molecule has 1 aliphatic heterocycles. The molecule has 0 radical (unpaired) electrons. The van der Waals surface area contributed by atoms with Crippen molar-refractivity contribution >= 4 is 22.7 Å². The molecule has 4 aromatic rings. The molecule has 8 nitrogen and oxygen atoms in total. The van der Waals surface area contributed by atoms with Crippen molar-refractivity contribution in [2.75, 3.05) is 19.6 Å². The Bertz CT molecular complexity index is 1520. The van der Waals surface area contributed by atoms with Crippen LogP contribution >= 0.6 is 0 Å². The Labute approximate surface area is 229 Å². The van der Waals surface area contributed by atoms with Crippen molar-refractivity contribution in [2.45, 2.75) is 39.4 Å². The van der Waals surface area contributed by atoms with Gasteiger partial charge >= 0.3 is 6.18 Å². The van der Waals surface area contributed by atoms with Crippen LogP contribution in [0.15, 0.2) is 55.0 Å². The molecule has 1 N–H and O–H groups in total. The number of hydrogen-bond donors (Lipinski definition) is 1. The zero-order chi connectivity index (χ0) is 28.4. The molecule has 0 saturated carbocycles. The van der Waals surface area contributed by atoms with Gasteiger partial charge < -0.3 is 10.2 Å². The standard InChI is InChI=1S/C29H29F3N6O2/c1-18-24(27(39)35-17-29(30,31)32)7-8-26-25(18)16-38(36-26)15-20-9-11-37(12-10-20)28(40)22-5-3-21(4-6-22)23-13-33-19(2)34-14-23/h3-8,13-14,16,20H,9-12,15,17H2,1-2H3,(H,35,39).